The van der Waals surface area contributed by atoms with E-state index in [0.717, 1.165) is 5.56 Å². The predicted molar refractivity (Wildman–Crippen MR) is 289 cm³/mol. The van der Waals surface area contributed by atoms with Gasteiger partial charge in [-0.05, 0) is 11.6 Å². The Balaban J connectivity index is 1.12. The molecule has 0 saturated carbocycles. The molecule has 1 aliphatic rings. The summed E-state index contributed by atoms with van der Waals surface area (Å²) in [5.41, 5.74) is 0.842. The van der Waals surface area contributed by atoms with Crippen LogP contribution in [0.1, 0.15) is 24.4 Å². The summed E-state index contributed by atoms with van der Waals surface area (Å²) in [6.07, 6.45) is 3.52. The molecular weight excluding hydrogens is 1070 g/mol. The minimum absolute atomic E-state index is 0.0112. The second kappa shape index (κ2) is 58.5. The fraction of sp³-hybridized carbons (Fsp3) is 0.852. The molecule has 27 nitrogen and oxygen atoms in total. The highest BCUT2D eigenvalue weighted by Gasteiger charge is 2.42. The molecule has 2 atom stereocenters. The van der Waals surface area contributed by atoms with Gasteiger partial charge >= 0.3 is 5.97 Å². The molecule has 2 heterocycles. The van der Waals surface area contributed by atoms with Crippen LogP contribution in [-0.4, -0.2) is 311 Å². The van der Waals surface area contributed by atoms with E-state index in [4.69, 9.17) is 99.8 Å². The van der Waals surface area contributed by atoms with Crippen molar-refractivity contribution in [3.8, 4) is 0 Å². The molecule has 1 aromatic heterocycles. The lowest BCUT2D eigenvalue weighted by Crippen LogP contribution is -2.36. The minimum atomic E-state index is -0.881. The number of carboxylic acids is 1. The summed E-state index contributed by atoms with van der Waals surface area (Å²) in [6, 6.07) is 3.35. The molecule has 1 unspecified atom stereocenters. The number of ether oxygens (including phenoxy) is 20. The third kappa shape index (κ3) is 47.8. The van der Waals surface area contributed by atoms with Crippen LogP contribution in [0, 0.1) is 5.92 Å². The number of aliphatic carboxylic acids is 1. The van der Waals surface area contributed by atoms with Gasteiger partial charge in [0.15, 0.2) is 0 Å². The summed E-state index contributed by atoms with van der Waals surface area (Å²) in [5.74, 6) is -1.59. The summed E-state index contributed by atoms with van der Waals surface area (Å²) in [7, 11) is 1.71. The second-order valence-electron chi connectivity index (χ2n) is 17.2. The van der Waals surface area contributed by atoms with E-state index in [1.54, 1.807) is 30.4 Å². The van der Waals surface area contributed by atoms with E-state index in [9.17, 15) is 14.4 Å². The molecule has 0 radical (unpaired) electrons. The van der Waals surface area contributed by atoms with Gasteiger partial charge in [-0.25, -0.2) is 0 Å². The van der Waals surface area contributed by atoms with Crippen molar-refractivity contribution < 1.29 is 114 Å². The highest BCUT2D eigenvalue weighted by atomic mass is 16.6. The first kappa shape index (κ1) is 73.9. The molecule has 27 heteroatoms. The van der Waals surface area contributed by atoms with E-state index in [1.807, 2.05) is 6.07 Å². The van der Waals surface area contributed by atoms with Gasteiger partial charge < -0.3 is 110 Å². The monoisotopic (exact) mass is 1170 g/mol. The summed E-state index contributed by atoms with van der Waals surface area (Å²) in [5, 5.41) is 11.4. The number of likely N-dealkylation sites (tertiary alicyclic amines) is 1. The highest BCUT2D eigenvalue weighted by Crippen LogP contribution is 2.36. The van der Waals surface area contributed by atoms with Gasteiger partial charge in [0.2, 0.25) is 11.8 Å². The molecule has 2 N–H and O–H groups in total. The molecule has 1 fully saturated rings. The Kier molecular flexibility index (Phi) is 53.4. The van der Waals surface area contributed by atoms with Gasteiger partial charge in [0.25, 0.3) is 0 Å². The van der Waals surface area contributed by atoms with Crippen LogP contribution in [0.4, 0.5) is 0 Å². The Morgan fingerprint density at radius 1 is 0.432 bits per heavy atom. The largest absolute Gasteiger partial charge is 0.481 e. The Morgan fingerprint density at radius 2 is 0.679 bits per heavy atom. The number of amides is 2. The van der Waals surface area contributed by atoms with E-state index >= 15 is 0 Å². The maximum absolute atomic E-state index is 12.8. The van der Waals surface area contributed by atoms with E-state index in [-0.39, 0.29) is 37.3 Å². The Hall–Kier alpha value is -3.24. The molecule has 1 aromatic rings. The molecule has 81 heavy (non-hydrogen) atoms. The van der Waals surface area contributed by atoms with Gasteiger partial charge in [0.1, 0.15) is 0 Å². The Bertz CT molecular complexity index is 1540. The summed E-state index contributed by atoms with van der Waals surface area (Å²) in [6.45, 7) is 18.3. The molecule has 2 amide bonds. The van der Waals surface area contributed by atoms with Crippen molar-refractivity contribution in [1.82, 2.24) is 15.2 Å². The quantitative estimate of drug-likeness (QED) is 0.0841. The fourth-order valence-corrected chi connectivity index (χ4v) is 6.93. The standard InChI is InChI=1S/C54H97N3O24/c1-57-51(58)47-50(53(57)49-3-2-5-55-48-49)54(61)56-6-8-63-10-12-65-14-16-67-18-20-69-22-24-71-26-28-73-30-32-75-34-36-77-38-40-79-42-44-81-46-45-80-43-41-78-39-37-76-35-33-74-31-29-72-27-25-70-23-21-68-19-17-66-15-13-64-11-9-62-7-4-52(59)60/h2-3,5,48,50,53H,4,6-47H2,1H3,(H,56,61)(H,59,60)/t50?,53-/m1/s1. The minimum Gasteiger partial charge on any atom is -0.481 e. The molecule has 0 spiro atoms. The first-order valence-electron chi connectivity index (χ1n) is 28.2. The number of hydrogen-bond donors (Lipinski definition) is 2. The first-order valence-corrected chi connectivity index (χ1v) is 28.2. The van der Waals surface area contributed by atoms with Gasteiger partial charge in [-0.15, -0.1) is 0 Å². The van der Waals surface area contributed by atoms with Crippen molar-refractivity contribution in [3.05, 3.63) is 30.1 Å². The van der Waals surface area contributed by atoms with Crippen LogP contribution in [0.3, 0.4) is 0 Å². The maximum atomic E-state index is 12.8. The topological polar surface area (TPSA) is 284 Å². The van der Waals surface area contributed by atoms with Crippen LogP contribution in [0.15, 0.2) is 24.5 Å². The predicted octanol–water partition coefficient (Wildman–Crippen LogP) is 0.524. The molecule has 472 valence electrons. The molecule has 0 bridgehead atoms. The number of nitrogens with zero attached hydrogens (tertiary/aromatic N) is 2. The van der Waals surface area contributed by atoms with Crippen LogP contribution in [0.2, 0.25) is 0 Å². The summed E-state index contributed by atoms with van der Waals surface area (Å²) < 4.78 is 110. The van der Waals surface area contributed by atoms with E-state index in [2.05, 4.69) is 10.3 Å². The number of rotatable bonds is 65. The lowest BCUT2D eigenvalue weighted by Gasteiger charge is -2.24. The SMILES string of the molecule is CN1C(=O)CC(C(=O)NCCOCCOCCOCCOCCOCCOCCOCCOCCOCCOCCOCCOCCOCCOCCOCCOCCOCCOCCOCCOCCC(=O)O)[C@H]1c1cccnc1. The number of carboxylic acid groups (broad SMARTS) is 1. The Labute approximate surface area is 478 Å². The number of carbonyl (C=O) groups excluding carboxylic acids is 2. The zero-order chi connectivity index (χ0) is 57.8. The molecule has 0 aromatic carbocycles. The zero-order valence-electron chi connectivity index (χ0n) is 48.1. The van der Waals surface area contributed by atoms with E-state index in [1.165, 1.54) is 0 Å². The third-order valence-corrected chi connectivity index (χ3v) is 11.0. The molecule has 1 saturated heterocycles. The molecule has 2 rings (SSSR count). The zero-order valence-corrected chi connectivity index (χ0v) is 48.1. The number of aromatic nitrogens is 1. The number of pyridine rings is 1. The van der Waals surface area contributed by atoms with Gasteiger partial charge in [-0.3, -0.25) is 19.4 Å². The first-order chi connectivity index (χ1) is 40.0. The highest BCUT2D eigenvalue weighted by molar-refractivity contribution is 5.90. The Morgan fingerprint density at radius 3 is 0.914 bits per heavy atom. The average Bonchev–Trinajstić information content (AvgIpc) is 3.94. The van der Waals surface area contributed by atoms with Crippen LogP contribution >= 0.6 is 0 Å². The lowest BCUT2D eigenvalue weighted by molar-refractivity contribution is -0.138. The van der Waals surface area contributed by atoms with Gasteiger partial charge in [-0.2, -0.15) is 0 Å². The second-order valence-corrected chi connectivity index (χ2v) is 17.2. The van der Waals surface area contributed by atoms with Crippen molar-refractivity contribution in [3.63, 3.8) is 0 Å². The van der Waals surface area contributed by atoms with Crippen molar-refractivity contribution in [1.29, 1.82) is 0 Å². The smallest absolute Gasteiger partial charge is 0.305 e. The molecule has 0 aliphatic carbocycles. The van der Waals surface area contributed by atoms with Crippen molar-refractivity contribution in [2.75, 3.05) is 278 Å². The number of carbonyl (C=O) groups is 3. The number of nitrogens with one attached hydrogen (secondary N) is 1. The van der Waals surface area contributed by atoms with Crippen molar-refractivity contribution in [2.24, 2.45) is 5.92 Å². The van der Waals surface area contributed by atoms with Crippen LogP contribution in [0.5, 0.6) is 0 Å². The van der Waals surface area contributed by atoms with Crippen molar-refractivity contribution in [2.45, 2.75) is 18.9 Å². The van der Waals surface area contributed by atoms with Crippen LogP contribution in [-0.2, 0) is 109 Å². The van der Waals surface area contributed by atoms with Crippen LogP contribution < -0.4 is 5.32 Å². The van der Waals surface area contributed by atoms with Crippen LogP contribution in [0.25, 0.3) is 0 Å². The van der Waals surface area contributed by atoms with E-state index < -0.39 is 11.9 Å². The van der Waals surface area contributed by atoms with Crippen molar-refractivity contribution >= 4 is 17.8 Å². The number of hydrogen-bond acceptors (Lipinski definition) is 24. The fourth-order valence-electron chi connectivity index (χ4n) is 6.93. The van der Waals surface area contributed by atoms with Gasteiger partial charge in [0.05, 0.1) is 283 Å². The van der Waals surface area contributed by atoms with E-state index in [0.29, 0.717) is 264 Å². The van der Waals surface area contributed by atoms with Gasteiger partial charge in [-0.1, -0.05) is 6.07 Å². The molecular formula is C54H97N3O24. The third-order valence-electron chi connectivity index (χ3n) is 11.0. The lowest BCUT2D eigenvalue weighted by atomic mass is 9.94. The summed E-state index contributed by atoms with van der Waals surface area (Å²) >= 11 is 0. The normalized spacial score (nSPS) is 14.4. The molecule has 1 aliphatic heterocycles. The van der Waals surface area contributed by atoms with Gasteiger partial charge in [0, 0.05) is 32.4 Å². The average molecular weight is 1170 g/mol. The summed E-state index contributed by atoms with van der Waals surface area (Å²) in [4.78, 5) is 41.2. The maximum Gasteiger partial charge on any atom is 0.305 e.